The highest BCUT2D eigenvalue weighted by Gasteiger charge is 2.47. The zero-order valence-electron chi connectivity index (χ0n) is 25.9. The fraction of sp³-hybridized carbons (Fsp3) is 0.395. The maximum Gasteiger partial charge on any atom is 0.254 e. The van der Waals surface area contributed by atoms with Crippen molar-refractivity contribution in [2.45, 2.75) is 58.1 Å². The summed E-state index contributed by atoms with van der Waals surface area (Å²) in [6.45, 7) is 11.0. The predicted molar refractivity (Wildman–Crippen MR) is 176 cm³/mol. The quantitative estimate of drug-likeness (QED) is 0.162. The van der Waals surface area contributed by atoms with Gasteiger partial charge in [-0.3, -0.25) is 9.69 Å². The molecule has 1 aliphatic carbocycles. The normalized spacial score (nSPS) is 23.3. The number of fused-ring (bicyclic) bond motifs is 9. The maximum absolute atomic E-state index is 13.7. The van der Waals surface area contributed by atoms with Gasteiger partial charge in [-0.05, 0) is 62.3 Å². The number of hydrogen-bond acceptors (Lipinski definition) is 5. The van der Waals surface area contributed by atoms with Crippen molar-refractivity contribution < 1.29 is 9.53 Å². The molecule has 0 N–H and O–H groups in total. The minimum absolute atomic E-state index is 0.0694. The molecule has 0 spiro atoms. The molecule has 1 aromatic heterocycles. The summed E-state index contributed by atoms with van der Waals surface area (Å²) in [7, 11) is 0. The van der Waals surface area contributed by atoms with Crippen LogP contribution in [0.2, 0.25) is 0 Å². The van der Waals surface area contributed by atoms with Gasteiger partial charge in [0.25, 0.3) is 5.91 Å². The molecule has 3 aliphatic rings. The number of nitrogens with zero attached hydrogens (tertiary/aromatic N) is 4. The highest BCUT2D eigenvalue weighted by molar-refractivity contribution is 6.11. The molecule has 224 valence electrons. The van der Waals surface area contributed by atoms with Crippen LogP contribution in [0.4, 0.5) is 0 Å². The summed E-state index contributed by atoms with van der Waals surface area (Å²) in [5.74, 6) is 2.50. The van der Waals surface area contributed by atoms with Crippen LogP contribution in [-0.2, 0) is 6.54 Å². The van der Waals surface area contributed by atoms with Crippen LogP contribution in [0.1, 0.15) is 67.4 Å². The number of hydrogen-bond donors (Lipinski definition) is 0. The summed E-state index contributed by atoms with van der Waals surface area (Å²) < 4.78 is 6.91. The fourth-order valence-electron chi connectivity index (χ4n) is 8.16. The number of piperazine rings is 1. The number of ether oxygens (including phenoxy) is 1. The van der Waals surface area contributed by atoms with Crippen molar-refractivity contribution in [1.82, 2.24) is 19.8 Å². The van der Waals surface area contributed by atoms with Crippen LogP contribution in [0.5, 0.6) is 5.75 Å². The molecular formula is C38H40N4O2. The SMILES string of the molecule is CC1CCC2C(C1)c1c(c3ccccc3c3nc4ccc(C(=O)N5CCN(Cc6ccccc6)CC5)cc4nc13)OC2(C)C. The number of benzene rings is 4. The van der Waals surface area contributed by atoms with Crippen LogP contribution in [0.25, 0.3) is 32.8 Å². The third kappa shape index (κ3) is 4.62. The summed E-state index contributed by atoms with van der Waals surface area (Å²) in [4.78, 5) is 28.7. The Kier molecular flexibility index (Phi) is 6.60. The Bertz CT molecular complexity index is 1890. The molecule has 5 aromatic rings. The molecule has 0 bridgehead atoms. The van der Waals surface area contributed by atoms with Crippen molar-refractivity contribution in [1.29, 1.82) is 0 Å². The summed E-state index contributed by atoms with van der Waals surface area (Å²) in [6.07, 6.45) is 3.52. The molecule has 3 unspecified atom stereocenters. The predicted octanol–water partition coefficient (Wildman–Crippen LogP) is 7.59. The Hall–Kier alpha value is -4.03. The molecule has 3 heterocycles. The van der Waals surface area contributed by atoms with Gasteiger partial charge in [-0.1, -0.05) is 67.9 Å². The summed E-state index contributed by atoms with van der Waals surface area (Å²) >= 11 is 0. The first kappa shape index (κ1) is 27.5. The second kappa shape index (κ2) is 10.6. The fourth-order valence-corrected chi connectivity index (χ4v) is 8.16. The molecule has 3 atom stereocenters. The van der Waals surface area contributed by atoms with Crippen LogP contribution in [0.3, 0.4) is 0 Å². The Morgan fingerprint density at radius 3 is 2.39 bits per heavy atom. The lowest BCUT2D eigenvalue weighted by Crippen LogP contribution is -2.48. The minimum atomic E-state index is -0.247. The Labute approximate surface area is 259 Å². The maximum atomic E-state index is 13.7. The van der Waals surface area contributed by atoms with Gasteiger partial charge < -0.3 is 9.64 Å². The van der Waals surface area contributed by atoms with Gasteiger partial charge in [0.1, 0.15) is 11.4 Å². The van der Waals surface area contributed by atoms with Crippen LogP contribution in [-0.4, -0.2) is 57.5 Å². The lowest BCUT2D eigenvalue weighted by atomic mass is 9.64. The van der Waals surface area contributed by atoms with E-state index in [4.69, 9.17) is 14.7 Å². The van der Waals surface area contributed by atoms with Gasteiger partial charge in [-0.15, -0.1) is 0 Å². The van der Waals surface area contributed by atoms with E-state index in [2.05, 4.69) is 80.3 Å². The molecule has 0 radical (unpaired) electrons. The summed E-state index contributed by atoms with van der Waals surface area (Å²) in [6, 6.07) is 24.9. The number of amides is 1. The molecule has 1 saturated carbocycles. The Morgan fingerprint density at radius 1 is 0.864 bits per heavy atom. The van der Waals surface area contributed by atoms with E-state index in [1.807, 2.05) is 23.1 Å². The largest absolute Gasteiger partial charge is 0.487 e. The first-order valence-corrected chi connectivity index (χ1v) is 16.3. The molecule has 44 heavy (non-hydrogen) atoms. The van der Waals surface area contributed by atoms with E-state index in [1.54, 1.807) is 0 Å². The average molecular weight is 585 g/mol. The van der Waals surface area contributed by atoms with Crippen molar-refractivity contribution >= 4 is 38.7 Å². The topological polar surface area (TPSA) is 58.6 Å². The summed E-state index contributed by atoms with van der Waals surface area (Å²) in [5, 5.41) is 2.19. The number of carbonyl (C=O) groups excluding carboxylic acids is 1. The van der Waals surface area contributed by atoms with Crippen molar-refractivity contribution in [2.75, 3.05) is 26.2 Å². The zero-order chi connectivity index (χ0) is 30.0. The van der Waals surface area contributed by atoms with Gasteiger partial charge in [-0.2, -0.15) is 0 Å². The highest BCUT2D eigenvalue weighted by atomic mass is 16.5. The van der Waals surface area contributed by atoms with E-state index < -0.39 is 0 Å². The van der Waals surface area contributed by atoms with Gasteiger partial charge in [0.05, 0.1) is 22.1 Å². The summed E-state index contributed by atoms with van der Waals surface area (Å²) in [5.41, 5.74) is 6.42. The third-order valence-corrected chi connectivity index (χ3v) is 10.5. The molecule has 2 aliphatic heterocycles. The molecule has 6 nitrogen and oxygen atoms in total. The monoisotopic (exact) mass is 584 g/mol. The molecule has 2 fully saturated rings. The third-order valence-electron chi connectivity index (χ3n) is 10.5. The molecule has 1 amide bonds. The molecule has 8 rings (SSSR count). The van der Waals surface area contributed by atoms with Crippen molar-refractivity contribution in [3.05, 3.63) is 89.5 Å². The molecular weight excluding hydrogens is 544 g/mol. The first-order valence-electron chi connectivity index (χ1n) is 16.3. The lowest BCUT2D eigenvalue weighted by Gasteiger charge is -2.49. The van der Waals surface area contributed by atoms with E-state index in [-0.39, 0.29) is 11.5 Å². The van der Waals surface area contributed by atoms with E-state index in [9.17, 15) is 4.79 Å². The second-order valence-electron chi connectivity index (χ2n) is 13.8. The van der Waals surface area contributed by atoms with Crippen LogP contribution in [0, 0.1) is 11.8 Å². The van der Waals surface area contributed by atoms with Crippen molar-refractivity contribution in [3.63, 3.8) is 0 Å². The smallest absolute Gasteiger partial charge is 0.254 e. The van der Waals surface area contributed by atoms with Gasteiger partial charge in [0.15, 0.2) is 0 Å². The molecule has 4 aromatic carbocycles. The van der Waals surface area contributed by atoms with E-state index in [0.29, 0.717) is 23.3 Å². The van der Waals surface area contributed by atoms with Gasteiger partial charge in [0.2, 0.25) is 0 Å². The second-order valence-corrected chi connectivity index (χ2v) is 13.8. The lowest BCUT2D eigenvalue weighted by molar-refractivity contribution is -0.0115. The van der Waals surface area contributed by atoms with Gasteiger partial charge >= 0.3 is 0 Å². The van der Waals surface area contributed by atoms with Crippen molar-refractivity contribution in [2.24, 2.45) is 11.8 Å². The van der Waals surface area contributed by atoms with Crippen LogP contribution >= 0.6 is 0 Å². The standard InChI is InChI=1S/C38H40N4O2/c1-24-13-15-30-29(21-24)33-35-34(27-11-7-8-12-28(27)36(33)44-38(30,2)3)39-31-16-14-26(22-32(31)40-35)37(43)42-19-17-41(18-20-42)23-25-9-5-4-6-10-25/h4-12,14,16,22,24,29-30H,13,15,17-21,23H2,1-3H3. The average Bonchev–Trinajstić information content (AvgIpc) is 3.04. The van der Waals surface area contributed by atoms with Crippen LogP contribution in [0.15, 0.2) is 72.8 Å². The van der Waals surface area contributed by atoms with E-state index in [0.717, 1.165) is 84.2 Å². The van der Waals surface area contributed by atoms with E-state index in [1.165, 1.54) is 17.5 Å². The Balaban J connectivity index is 1.17. The van der Waals surface area contributed by atoms with Crippen LogP contribution < -0.4 is 4.74 Å². The number of aromatic nitrogens is 2. The van der Waals surface area contributed by atoms with Gasteiger partial charge in [-0.25, -0.2) is 9.97 Å². The number of rotatable bonds is 3. The minimum Gasteiger partial charge on any atom is -0.487 e. The van der Waals surface area contributed by atoms with Gasteiger partial charge in [0, 0.05) is 60.5 Å². The first-order chi connectivity index (χ1) is 21.4. The van der Waals surface area contributed by atoms with Crippen molar-refractivity contribution in [3.8, 4) is 5.75 Å². The highest BCUT2D eigenvalue weighted by Crippen LogP contribution is 2.56. The molecule has 1 saturated heterocycles. The molecule has 6 heteroatoms. The zero-order valence-corrected chi connectivity index (χ0v) is 25.9. The number of carbonyl (C=O) groups is 1. The Morgan fingerprint density at radius 2 is 1.59 bits per heavy atom. The van der Waals surface area contributed by atoms with E-state index >= 15 is 0 Å².